The molecule has 1 heterocycles. The van der Waals surface area contributed by atoms with Crippen LogP contribution in [0, 0.1) is 16.0 Å². The van der Waals surface area contributed by atoms with Crippen LogP contribution in [0.15, 0.2) is 18.2 Å². The first-order valence-corrected chi connectivity index (χ1v) is 7.00. The van der Waals surface area contributed by atoms with E-state index in [9.17, 15) is 10.1 Å². The lowest BCUT2D eigenvalue weighted by Gasteiger charge is -2.12. The Morgan fingerprint density at radius 1 is 1.61 bits per heavy atom. The number of benzene rings is 1. The smallest absolute Gasteiger partial charge is 0.296 e. The van der Waals surface area contributed by atoms with Crippen LogP contribution in [0.2, 0.25) is 0 Å². The zero-order valence-electron chi connectivity index (χ0n) is 10.2. The van der Waals surface area contributed by atoms with E-state index < -0.39 is 0 Å². The second-order valence-electron chi connectivity index (χ2n) is 4.25. The van der Waals surface area contributed by atoms with Gasteiger partial charge in [-0.05, 0) is 36.0 Å². The van der Waals surface area contributed by atoms with Gasteiger partial charge in [-0.3, -0.25) is 10.1 Å². The van der Waals surface area contributed by atoms with Crippen LogP contribution in [-0.2, 0) is 0 Å². The van der Waals surface area contributed by atoms with Crippen LogP contribution in [0.4, 0.5) is 11.4 Å². The summed E-state index contributed by atoms with van der Waals surface area (Å²) in [5.74, 6) is 3.44. The van der Waals surface area contributed by atoms with Crippen LogP contribution < -0.4 is 10.1 Å². The van der Waals surface area contributed by atoms with Crippen molar-refractivity contribution in [1.29, 1.82) is 0 Å². The minimum absolute atomic E-state index is 0.0694. The summed E-state index contributed by atoms with van der Waals surface area (Å²) in [6, 6.07) is 4.89. The summed E-state index contributed by atoms with van der Waals surface area (Å²) in [5.41, 5.74) is 0.637. The van der Waals surface area contributed by atoms with Gasteiger partial charge in [0.1, 0.15) is 11.4 Å². The standard InChI is InChI=1S/C12H16N2O3S/c1-17-10-2-3-11(12(6-10)14(15)16)13-7-9-4-5-18-8-9/h2-3,6,9,13H,4-5,7-8H2,1H3. The molecule has 2 rings (SSSR count). The molecule has 5 nitrogen and oxygen atoms in total. The summed E-state index contributed by atoms with van der Waals surface area (Å²) in [4.78, 5) is 10.6. The molecule has 0 aliphatic carbocycles. The number of hydrogen-bond donors (Lipinski definition) is 1. The molecule has 1 aliphatic heterocycles. The van der Waals surface area contributed by atoms with Crippen molar-refractivity contribution in [2.24, 2.45) is 5.92 Å². The summed E-state index contributed by atoms with van der Waals surface area (Å²) in [6.07, 6.45) is 1.18. The molecule has 1 unspecified atom stereocenters. The number of nitro groups is 1. The van der Waals surface area contributed by atoms with Gasteiger partial charge in [-0.15, -0.1) is 0 Å². The first kappa shape index (κ1) is 13.0. The number of thioether (sulfide) groups is 1. The van der Waals surface area contributed by atoms with Gasteiger partial charge >= 0.3 is 0 Å². The van der Waals surface area contributed by atoms with Crippen LogP contribution >= 0.6 is 11.8 Å². The molecule has 6 heteroatoms. The molecule has 18 heavy (non-hydrogen) atoms. The number of nitro benzene ring substituents is 1. The van der Waals surface area contributed by atoms with E-state index in [0.29, 0.717) is 17.4 Å². The van der Waals surface area contributed by atoms with Crippen LogP contribution in [-0.4, -0.2) is 30.1 Å². The predicted octanol–water partition coefficient (Wildman–Crippen LogP) is 2.77. The van der Waals surface area contributed by atoms with Gasteiger partial charge in [0, 0.05) is 6.54 Å². The number of methoxy groups -OCH3 is 1. The molecule has 0 radical (unpaired) electrons. The predicted molar refractivity (Wildman–Crippen MR) is 73.6 cm³/mol. The molecule has 0 saturated carbocycles. The van der Waals surface area contributed by atoms with E-state index >= 15 is 0 Å². The molecular formula is C12H16N2O3S. The SMILES string of the molecule is COc1ccc(NCC2CCSC2)c([N+](=O)[O-])c1. The molecule has 1 saturated heterocycles. The second kappa shape index (κ2) is 5.95. The summed E-state index contributed by atoms with van der Waals surface area (Å²) in [6.45, 7) is 0.792. The van der Waals surface area contributed by atoms with Crippen molar-refractivity contribution >= 4 is 23.1 Å². The zero-order chi connectivity index (χ0) is 13.0. The lowest BCUT2D eigenvalue weighted by atomic mass is 10.1. The molecule has 0 aromatic heterocycles. The third-order valence-corrected chi connectivity index (χ3v) is 4.24. The number of nitrogens with one attached hydrogen (secondary N) is 1. The number of rotatable bonds is 5. The van der Waals surface area contributed by atoms with E-state index in [1.807, 2.05) is 11.8 Å². The van der Waals surface area contributed by atoms with E-state index in [2.05, 4.69) is 5.32 Å². The molecule has 1 aliphatic rings. The van der Waals surface area contributed by atoms with Crippen LogP contribution in [0.3, 0.4) is 0 Å². The van der Waals surface area contributed by atoms with E-state index in [1.165, 1.54) is 25.3 Å². The minimum atomic E-state index is -0.381. The average Bonchev–Trinajstić information content (AvgIpc) is 2.89. The second-order valence-corrected chi connectivity index (χ2v) is 5.40. The fraction of sp³-hybridized carbons (Fsp3) is 0.500. The minimum Gasteiger partial charge on any atom is -0.496 e. The van der Waals surface area contributed by atoms with Crippen molar-refractivity contribution in [2.45, 2.75) is 6.42 Å². The Labute approximate surface area is 110 Å². The monoisotopic (exact) mass is 268 g/mol. The molecule has 0 amide bonds. The van der Waals surface area contributed by atoms with Gasteiger partial charge < -0.3 is 10.1 Å². The third kappa shape index (κ3) is 3.07. The maximum atomic E-state index is 11.0. The van der Waals surface area contributed by atoms with Crippen molar-refractivity contribution in [3.05, 3.63) is 28.3 Å². The quantitative estimate of drug-likeness (QED) is 0.657. The molecule has 1 N–H and O–H groups in total. The summed E-state index contributed by atoms with van der Waals surface area (Å²) >= 11 is 1.94. The highest BCUT2D eigenvalue weighted by Crippen LogP contribution is 2.30. The van der Waals surface area contributed by atoms with Gasteiger partial charge in [-0.25, -0.2) is 0 Å². The molecule has 1 aromatic rings. The molecule has 0 bridgehead atoms. The lowest BCUT2D eigenvalue weighted by Crippen LogP contribution is -2.14. The topological polar surface area (TPSA) is 64.4 Å². The Bertz CT molecular complexity index is 433. The third-order valence-electron chi connectivity index (χ3n) is 3.01. The largest absolute Gasteiger partial charge is 0.496 e. The van der Waals surface area contributed by atoms with Crippen molar-refractivity contribution in [3.8, 4) is 5.75 Å². The van der Waals surface area contributed by atoms with Gasteiger partial charge in [0.25, 0.3) is 5.69 Å². The normalized spacial score (nSPS) is 18.6. The van der Waals surface area contributed by atoms with Crippen LogP contribution in [0.25, 0.3) is 0 Å². The van der Waals surface area contributed by atoms with Crippen LogP contribution in [0.5, 0.6) is 5.75 Å². The molecule has 1 atom stereocenters. The Morgan fingerprint density at radius 2 is 2.44 bits per heavy atom. The zero-order valence-corrected chi connectivity index (χ0v) is 11.0. The summed E-state index contributed by atoms with van der Waals surface area (Å²) in [7, 11) is 1.50. The van der Waals surface area contributed by atoms with Crippen molar-refractivity contribution in [2.75, 3.05) is 30.5 Å². The van der Waals surface area contributed by atoms with Gasteiger partial charge in [0.15, 0.2) is 0 Å². The Hall–Kier alpha value is -1.43. The average molecular weight is 268 g/mol. The fourth-order valence-electron chi connectivity index (χ4n) is 1.94. The first-order valence-electron chi connectivity index (χ1n) is 5.84. The number of anilines is 1. The molecule has 0 spiro atoms. The highest BCUT2D eigenvalue weighted by atomic mass is 32.2. The lowest BCUT2D eigenvalue weighted by molar-refractivity contribution is -0.384. The Morgan fingerprint density at radius 3 is 3.06 bits per heavy atom. The number of nitrogens with zero attached hydrogens (tertiary/aromatic N) is 1. The van der Waals surface area contributed by atoms with Gasteiger partial charge in [-0.1, -0.05) is 0 Å². The van der Waals surface area contributed by atoms with E-state index in [0.717, 1.165) is 12.3 Å². The molecule has 1 fully saturated rings. The van der Waals surface area contributed by atoms with Crippen LogP contribution in [0.1, 0.15) is 6.42 Å². The van der Waals surface area contributed by atoms with Crippen molar-refractivity contribution < 1.29 is 9.66 Å². The number of ether oxygens (including phenoxy) is 1. The maximum Gasteiger partial charge on any atom is 0.296 e. The van der Waals surface area contributed by atoms with Crippen molar-refractivity contribution in [1.82, 2.24) is 0 Å². The van der Waals surface area contributed by atoms with E-state index in [1.54, 1.807) is 12.1 Å². The number of hydrogen-bond acceptors (Lipinski definition) is 5. The summed E-state index contributed by atoms with van der Waals surface area (Å²) in [5, 5.41) is 14.2. The molecule has 1 aromatic carbocycles. The summed E-state index contributed by atoms with van der Waals surface area (Å²) < 4.78 is 5.00. The highest BCUT2D eigenvalue weighted by molar-refractivity contribution is 7.99. The maximum absolute atomic E-state index is 11.0. The van der Waals surface area contributed by atoms with Gasteiger partial charge in [-0.2, -0.15) is 11.8 Å². The Balaban J connectivity index is 2.08. The fourth-order valence-corrected chi connectivity index (χ4v) is 3.22. The van der Waals surface area contributed by atoms with E-state index in [-0.39, 0.29) is 10.6 Å². The highest BCUT2D eigenvalue weighted by Gasteiger charge is 2.18. The van der Waals surface area contributed by atoms with Gasteiger partial charge in [0.2, 0.25) is 0 Å². The molecule has 98 valence electrons. The Kier molecular flexibility index (Phi) is 4.30. The van der Waals surface area contributed by atoms with Gasteiger partial charge in [0.05, 0.1) is 18.1 Å². The molecular weight excluding hydrogens is 252 g/mol. The first-order chi connectivity index (χ1) is 8.70. The van der Waals surface area contributed by atoms with E-state index in [4.69, 9.17) is 4.74 Å². The van der Waals surface area contributed by atoms with Crippen molar-refractivity contribution in [3.63, 3.8) is 0 Å².